The summed E-state index contributed by atoms with van der Waals surface area (Å²) in [5.74, 6) is 0. The van der Waals surface area contributed by atoms with Crippen molar-refractivity contribution >= 4 is 0 Å². The maximum absolute atomic E-state index is 10.3. The number of aliphatic hydroxyl groups is 1. The predicted octanol–water partition coefficient (Wildman–Crippen LogP) is 1.37. The number of ether oxygens (including phenoxy) is 2. The molecule has 0 aromatic heterocycles. The van der Waals surface area contributed by atoms with Crippen LogP contribution in [0.4, 0.5) is 0 Å². The van der Waals surface area contributed by atoms with Gasteiger partial charge in [-0.2, -0.15) is 0 Å². The number of β-amino-alcohol motifs (C(OH)–C–C–N with tert-alkyl or cyclic N) is 1. The van der Waals surface area contributed by atoms with Crippen LogP contribution in [0.2, 0.25) is 0 Å². The number of likely N-dealkylation sites (tertiary alicyclic amines) is 1. The minimum absolute atomic E-state index is 0.0928. The number of aliphatic hydroxyl groups excluding tert-OH is 1. The van der Waals surface area contributed by atoms with Crippen LogP contribution in [0.5, 0.6) is 0 Å². The SMILES string of the molecule is COC1CN(CC(O)c2ccc(C)cc2)CC1OC. The van der Waals surface area contributed by atoms with Gasteiger partial charge in [0.1, 0.15) is 0 Å². The standard InChI is InChI=1S/C15H23NO3/c1-11-4-6-12(7-5-11)13(17)8-16-9-14(18-2)15(10-16)19-3/h4-7,13-15,17H,8-10H2,1-3H3. The van der Waals surface area contributed by atoms with Crippen LogP contribution in [-0.4, -0.2) is 56.1 Å². The fourth-order valence-electron chi connectivity index (χ4n) is 2.56. The Hall–Kier alpha value is -0.940. The molecule has 1 fully saturated rings. The molecule has 106 valence electrons. The van der Waals surface area contributed by atoms with Crippen molar-refractivity contribution in [2.75, 3.05) is 33.9 Å². The summed E-state index contributed by atoms with van der Waals surface area (Å²) >= 11 is 0. The van der Waals surface area contributed by atoms with Gasteiger partial charge in [-0.05, 0) is 12.5 Å². The van der Waals surface area contributed by atoms with E-state index in [0.717, 1.165) is 18.7 Å². The monoisotopic (exact) mass is 265 g/mol. The Morgan fingerprint density at radius 3 is 2.16 bits per heavy atom. The van der Waals surface area contributed by atoms with Crippen LogP contribution >= 0.6 is 0 Å². The summed E-state index contributed by atoms with van der Waals surface area (Å²) in [5.41, 5.74) is 2.16. The van der Waals surface area contributed by atoms with E-state index in [0.29, 0.717) is 6.54 Å². The first-order chi connectivity index (χ1) is 9.13. The molecule has 3 unspecified atom stereocenters. The second-order valence-electron chi connectivity index (χ2n) is 5.19. The molecule has 2 rings (SSSR count). The summed E-state index contributed by atoms with van der Waals surface area (Å²) in [5, 5.41) is 10.3. The second kappa shape index (κ2) is 6.48. The van der Waals surface area contributed by atoms with E-state index >= 15 is 0 Å². The van der Waals surface area contributed by atoms with Gasteiger partial charge in [-0.25, -0.2) is 0 Å². The second-order valence-corrected chi connectivity index (χ2v) is 5.19. The first-order valence-corrected chi connectivity index (χ1v) is 6.66. The molecule has 4 nitrogen and oxygen atoms in total. The van der Waals surface area contributed by atoms with E-state index < -0.39 is 6.10 Å². The van der Waals surface area contributed by atoms with E-state index in [1.54, 1.807) is 14.2 Å². The Labute approximate surface area is 114 Å². The lowest BCUT2D eigenvalue weighted by atomic mass is 10.1. The lowest BCUT2D eigenvalue weighted by molar-refractivity contribution is -0.00461. The Morgan fingerprint density at radius 2 is 1.68 bits per heavy atom. The van der Waals surface area contributed by atoms with Gasteiger partial charge in [0.15, 0.2) is 0 Å². The maximum atomic E-state index is 10.3. The van der Waals surface area contributed by atoms with E-state index in [-0.39, 0.29) is 12.2 Å². The van der Waals surface area contributed by atoms with Gasteiger partial charge in [-0.3, -0.25) is 4.90 Å². The summed E-state index contributed by atoms with van der Waals surface area (Å²) in [4.78, 5) is 2.19. The van der Waals surface area contributed by atoms with Crippen molar-refractivity contribution in [2.45, 2.75) is 25.2 Å². The summed E-state index contributed by atoms with van der Waals surface area (Å²) < 4.78 is 10.8. The number of aryl methyl sites for hydroxylation is 1. The molecule has 1 aromatic carbocycles. The molecular formula is C15H23NO3. The van der Waals surface area contributed by atoms with Gasteiger partial charge >= 0.3 is 0 Å². The van der Waals surface area contributed by atoms with Crippen molar-refractivity contribution in [3.05, 3.63) is 35.4 Å². The van der Waals surface area contributed by atoms with Crippen molar-refractivity contribution in [1.29, 1.82) is 0 Å². The first-order valence-electron chi connectivity index (χ1n) is 6.66. The van der Waals surface area contributed by atoms with Gasteiger partial charge in [0.25, 0.3) is 0 Å². The molecule has 1 heterocycles. The number of nitrogens with zero attached hydrogens (tertiary/aromatic N) is 1. The number of hydrogen-bond acceptors (Lipinski definition) is 4. The first kappa shape index (κ1) is 14.5. The molecule has 1 N–H and O–H groups in total. The quantitative estimate of drug-likeness (QED) is 0.873. The van der Waals surface area contributed by atoms with Crippen LogP contribution in [0.25, 0.3) is 0 Å². The highest BCUT2D eigenvalue weighted by molar-refractivity contribution is 5.23. The van der Waals surface area contributed by atoms with Crippen LogP contribution in [0, 0.1) is 6.92 Å². The van der Waals surface area contributed by atoms with Crippen molar-refractivity contribution in [1.82, 2.24) is 4.90 Å². The zero-order chi connectivity index (χ0) is 13.8. The van der Waals surface area contributed by atoms with Crippen molar-refractivity contribution in [3.8, 4) is 0 Å². The zero-order valence-corrected chi connectivity index (χ0v) is 11.9. The van der Waals surface area contributed by atoms with Crippen LogP contribution in [0.15, 0.2) is 24.3 Å². The molecule has 1 saturated heterocycles. The highest BCUT2D eigenvalue weighted by Gasteiger charge is 2.33. The summed E-state index contributed by atoms with van der Waals surface area (Å²) in [6.45, 7) is 4.27. The topological polar surface area (TPSA) is 41.9 Å². The molecule has 1 aliphatic heterocycles. The number of rotatable bonds is 5. The van der Waals surface area contributed by atoms with Crippen molar-refractivity contribution in [3.63, 3.8) is 0 Å². The molecule has 0 radical (unpaired) electrons. The molecule has 0 amide bonds. The van der Waals surface area contributed by atoms with E-state index in [4.69, 9.17) is 9.47 Å². The van der Waals surface area contributed by atoms with Crippen molar-refractivity contribution in [2.24, 2.45) is 0 Å². The van der Waals surface area contributed by atoms with Gasteiger partial charge in [-0.15, -0.1) is 0 Å². The molecule has 0 aliphatic carbocycles. The maximum Gasteiger partial charge on any atom is 0.0971 e. The zero-order valence-electron chi connectivity index (χ0n) is 11.9. The molecular weight excluding hydrogens is 242 g/mol. The number of hydrogen-bond donors (Lipinski definition) is 1. The third-order valence-corrected chi connectivity index (χ3v) is 3.79. The molecule has 3 atom stereocenters. The van der Waals surface area contributed by atoms with E-state index in [2.05, 4.69) is 4.90 Å². The van der Waals surface area contributed by atoms with E-state index in [1.807, 2.05) is 31.2 Å². The van der Waals surface area contributed by atoms with Gasteiger partial charge in [-0.1, -0.05) is 29.8 Å². The summed E-state index contributed by atoms with van der Waals surface area (Å²) in [6.07, 6.45) is -0.279. The minimum Gasteiger partial charge on any atom is -0.387 e. The van der Waals surface area contributed by atoms with Gasteiger partial charge in [0.05, 0.1) is 18.3 Å². The van der Waals surface area contributed by atoms with Crippen molar-refractivity contribution < 1.29 is 14.6 Å². The lowest BCUT2D eigenvalue weighted by Gasteiger charge is -2.20. The number of benzene rings is 1. The van der Waals surface area contributed by atoms with Crippen LogP contribution in [-0.2, 0) is 9.47 Å². The fourth-order valence-corrected chi connectivity index (χ4v) is 2.56. The molecule has 4 heteroatoms. The average Bonchev–Trinajstić information content (AvgIpc) is 2.81. The molecule has 19 heavy (non-hydrogen) atoms. The number of methoxy groups -OCH3 is 2. The van der Waals surface area contributed by atoms with Gasteiger partial charge in [0, 0.05) is 33.9 Å². The highest BCUT2D eigenvalue weighted by Crippen LogP contribution is 2.20. The van der Waals surface area contributed by atoms with E-state index in [9.17, 15) is 5.11 Å². The van der Waals surface area contributed by atoms with Crippen LogP contribution in [0.3, 0.4) is 0 Å². The Balaban J connectivity index is 1.93. The van der Waals surface area contributed by atoms with Crippen LogP contribution < -0.4 is 0 Å². The predicted molar refractivity (Wildman–Crippen MR) is 74.2 cm³/mol. The lowest BCUT2D eigenvalue weighted by Crippen LogP contribution is -2.27. The fraction of sp³-hybridized carbons (Fsp3) is 0.600. The van der Waals surface area contributed by atoms with E-state index in [1.165, 1.54) is 5.56 Å². The Kier molecular flexibility index (Phi) is 4.93. The minimum atomic E-state index is -0.464. The third-order valence-electron chi connectivity index (χ3n) is 3.79. The largest absolute Gasteiger partial charge is 0.387 e. The highest BCUT2D eigenvalue weighted by atomic mass is 16.5. The molecule has 1 aromatic rings. The molecule has 0 spiro atoms. The smallest absolute Gasteiger partial charge is 0.0971 e. The molecule has 0 saturated carbocycles. The van der Waals surface area contributed by atoms with Gasteiger partial charge in [0.2, 0.25) is 0 Å². The van der Waals surface area contributed by atoms with Crippen LogP contribution in [0.1, 0.15) is 17.2 Å². The average molecular weight is 265 g/mol. The normalized spacial score (nSPS) is 25.7. The summed E-state index contributed by atoms with van der Waals surface area (Å²) in [6, 6.07) is 8.02. The molecule has 0 bridgehead atoms. The van der Waals surface area contributed by atoms with Gasteiger partial charge < -0.3 is 14.6 Å². The summed E-state index contributed by atoms with van der Waals surface area (Å²) in [7, 11) is 3.41. The Morgan fingerprint density at radius 1 is 1.16 bits per heavy atom. The Bertz CT molecular complexity index is 381. The third kappa shape index (κ3) is 3.54. The molecule has 1 aliphatic rings.